The quantitative estimate of drug-likeness (QED) is 0.615. The molecular formula is C17H28FN. The lowest BCUT2D eigenvalue weighted by atomic mass is 9.87. The Morgan fingerprint density at radius 3 is 2.05 bits per heavy atom. The van der Waals surface area contributed by atoms with Crippen LogP contribution in [0.1, 0.15) is 70.8 Å². The lowest BCUT2D eigenvalue weighted by Gasteiger charge is -2.25. The van der Waals surface area contributed by atoms with Crippen LogP contribution in [-0.2, 0) is 5.54 Å². The smallest absolute Gasteiger partial charge is 0.123 e. The number of benzene rings is 1. The fourth-order valence-corrected chi connectivity index (χ4v) is 2.42. The molecule has 1 rings (SSSR count). The van der Waals surface area contributed by atoms with Crippen molar-refractivity contribution in [1.29, 1.82) is 0 Å². The van der Waals surface area contributed by atoms with Crippen molar-refractivity contribution in [2.45, 2.75) is 70.8 Å². The van der Waals surface area contributed by atoms with E-state index in [0.717, 1.165) is 18.4 Å². The molecule has 1 aromatic rings. The van der Waals surface area contributed by atoms with Gasteiger partial charge in [0.2, 0.25) is 0 Å². The van der Waals surface area contributed by atoms with Crippen LogP contribution in [0, 0.1) is 5.82 Å². The Morgan fingerprint density at radius 2 is 1.47 bits per heavy atom. The van der Waals surface area contributed by atoms with E-state index in [2.05, 4.69) is 6.92 Å². The van der Waals surface area contributed by atoms with Crippen LogP contribution in [0.15, 0.2) is 24.3 Å². The molecule has 2 N–H and O–H groups in total. The van der Waals surface area contributed by atoms with Gasteiger partial charge in [-0.1, -0.05) is 64.0 Å². The summed E-state index contributed by atoms with van der Waals surface area (Å²) in [5.74, 6) is -0.199. The molecule has 19 heavy (non-hydrogen) atoms. The number of halogens is 1. The highest BCUT2D eigenvalue weighted by atomic mass is 19.1. The van der Waals surface area contributed by atoms with Crippen molar-refractivity contribution in [1.82, 2.24) is 0 Å². The molecule has 2 heteroatoms. The first kappa shape index (κ1) is 16.2. The molecule has 0 aliphatic rings. The highest BCUT2D eigenvalue weighted by Crippen LogP contribution is 2.24. The fraction of sp³-hybridized carbons (Fsp3) is 0.647. The average Bonchev–Trinajstić information content (AvgIpc) is 2.38. The number of unbranched alkanes of at least 4 members (excludes halogenated alkanes) is 6. The Kier molecular flexibility index (Phi) is 7.07. The third kappa shape index (κ3) is 6.20. The van der Waals surface area contributed by atoms with E-state index in [0.29, 0.717) is 0 Å². The van der Waals surface area contributed by atoms with Crippen molar-refractivity contribution in [3.63, 3.8) is 0 Å². The first-order valence-corrected chi connectivity index (χ1v) is 7.61. The predicted octanol–water partition coefficient (Wildman–Crippen LogP) is 5.14. The zero-order valence-corrected chi connectivity index (χ0v) is 12.4. The van der Waals surface area contributed by atoms with E-state index in [1.54, 1.807) is 12.1 Å². The molecule has 0 amide bonds. The lowest BCUT2D eigenvalue weighted by Crippen LogP contribution is -2.32. The summed E-state index contributed by atoms with van der Waals surface area (Å²) in [7, 11) is 0. The van der Waals surface area contributed by atoms with Crippen molar-refractivity contribution in [3.05, 3.63) is 35.6 Å². The van der Waals surface area contributed by atoms with E-state index in [9.17, 15) is 4.39 Å². The van der Waals surface area contributed by atoms with E-state index in [1.807, 2.05) is 6.92 Å². The standard InChI is InChI=1S/C17H28FN/c1-3-4-5-6-7-8-9-14-17(2,19)15-10-12-16(18)13-11-15/h10-13H,3-9,14,19H2,1-2H3. The Labute approximate surface area is 117 Å². The molecule has 0 radical (unpaired) electrons. The molecule has 1 unspecified atom stereocenters. The Balaban J connectivity index is 2.25. The van der Waals surface area contributed by atoms with Crippen molar-refractivity contribution in [3.8, 4) is 0 Å². The van der Waals surface area contributed by atoms with Crippen molar-refractivity contribution in [2.24, 2.45) is 5.73 Å². The van der Waals surface area contributed by atoms with Crippen LogP contribution in [0.2, 0.25) is 0 Å². The van der Waals surface area contributed by atoms with E-state index in [1.165, 1.54) is 50.7 Å². The van der Waals surface area contributed by atoms with E-state index in [-0.39, 0.29) is 11.4 Å². The Morgan fingerprint density at radius 1 is 0.947 bits per heavy atom. The van der Waals surface area contributed by atoms with Crippen LogP contribution in [0.5, 0.6) is 0 Å². The minimum Gasteiger partial charge on any atom is -0.322 e. The van der Waals surface area contributed by atoms with E-state index in [4.69, 9.17) is 5.73 Å². The second-order valence-electron chi connectivity index (χ2n) is 5.80. The monoisotopic (exact) mass is 265 g/mol. The van der Waals surface area contributed by atoms with Gasteiger partial charge in [0.05, 0.1) is 0 Å². The second kappa shape index (κ2) is 8.31. The van der Waals surface area contributed by atoms with Crippen LogP contribution in [0.4, 0.5) is 4.39 Å². The molecule has 0 aliphatic heterocycles. The fourth-order valence-electron chi connectivity index (χ4n) is 2.42. The van der Waals surface area contributed by atoms with Crippen LogP contribution in [0.25, 0.3) is 0 Å². The average molecular weight is 265 g/mol. The molecule has 0 aromatic heterocycles. The Bertz CT molecular complexity index is 343. The topological polar surface area (TPSA) is 26.0 Å². The predicted molar refractivity (Wildman–Crippen MR) is 80.5 cm³/mol. The molecule has 0 aliphatic carbocycles. The highest BCUT2D eigenvalue weighted by Gasteiger charge is 2.20. The van der Waals surface area contributed by atoms with Gasteiger partial charge in [-0.2, -0.15) is 0 Å². The molecule has 0 bridgehead atoms. The molecule has 0 saturated carbocycles. The number of rotatable bonds is 9. The summed E-state index contributed by atoms with van der Waals surface area (Å²) in [6.45, 7) is 4.28. The third-order valence-electron chi connectivity index (χ3n) is 3.80. The number of hydrogen-bond donors (Lipinski definition) is 1. The van der Waals surface area contributed by atoms with Crippen molar-refractivity contribution in [2.75, 3.05) is 0 Å². The van der Waals surface area contributed by atoms with Crippen molar-refractivity contribution < 1.29 is 4.39 Å². The first-order chi connectivity index (χ1) is 9.06. The largest absolute Gasteiger partial charge is 0.322 e. The van der Waals surface area contributed by atoms with Gasteiger partial charge in [-0.15, -0.1) is 0 Å². The van der Waals surface area contributed by atoms with Crippen molar-refractivity contribution >= 4 is 0 Å². The van der Waals surface area contributed by atoms with Gasteiger partial charge in [0.15, 0.2) is 0 Å². The molecule has 1 nitrogen and oxygen atoms in total. The van der Waals surface area contributed by atoms with Gasteiger partial charge in [0.25, 0.3) is 0 Å². The molecule has 0 saturated heterocycles. The molecule has 0 fully saturated rings. The van der Waals surface area contributed by atoms with E-state index >= 15 is 0 Å². The second-order valence-corrected chi connectivity index (χ2v) is 5.80. The molecule has 0 heterocycles. The summed E-state index contributed by atoms with van der Waals surface area (Å²) < 4.78 is 12.9. The van der Waals surface area contributed by atoms with Gasteiger partial charge >= 0.3 is 0 Å². The summed E-state index contributed by atoms with van der Waals surface area (Å²) in [6.07, 6.45) is 10.0. The number of hydrogen-bond acceptors (Lipinski definition) is 1. The van der Waals surface area contributed by atoms with Gasteiger partial charge in [-0.25, -0.2) is 4.39 Å². The molecule has 1 atom stereocenters. The van der Waals surface area contributed by atoms with Gasteiger partial charge in [0.1, 0.15) is 5.82 Å². The maximum absolute atomic E-state index is 12.9. The van der Waals surface area contributed by atoms with Crippen LogP contribution >= 0.6 is 0 Å². The normalized spacial score (nSPS) is 14.3. The summed E-state index contributed by atoms with van der Waals surface area (Å²) in [6, 6.07) is 6.59. The third-order valence-corrected chi connectivity index (χ3v) is 3.80. The van der Waals surface area contributed by atoms with Crippen LogP contribution in [-0.4, -0.2) is 0 Å². The summed E-state index contributed by atoms with van der Waals surface area (Å²) in [5.41, 5.74) is 7.02. The zero-order valence-electron chi connectivity index (χ0n) is 12.4. The summed E-state index contributed by atoms with van der Waals surface area (Å²) in [4.78, 5) is 0. The minimum absolute atomic E-state index is 0.199. The van der Waals surface area contributed by atoms with Crippen LogP contribution < -0.4 is 5.73 Å². The van der Waals surface area contributed by atoms with Gasteiger partial charge < -0.3 is 5.73 Å². The molecule has 1 aromatic carbocycles. The van der Waals surface area contributed by atoms with Crippen LogP contribution in [0.3, 0.4) is 0 Å². The molecule has 108 valence electrons. The van der Waals surface area contributed by atoms with E-state index < -0.39 is 0 Å². The van der Waals surface area contributed by atoms with Gasteiger partial charge in [-0.05, 0) is 31.0 Å². The van der Waals surface area contributed by atoms with Gasteiger partial charge in [-0.3, -0.25) is 0 Å². The maximum atomic E-state index is 12.9. The summed E-state index contributed by atoms with van der Waals surface area (Å²) in [5, 5.41) is 0. The highest BCUT2D eigenvalue weighted by molar-refractivity contribution is 5.23. The minimum atomic E-state index is -0.336. The SMILES string of the molecule is CCCCCCCCCC(C)(N)c1ccc(F)cc1. The Hall–Kier alpha value is -0.890. The number of nitrogens with two attached hydrogens (primary N) is 1. The first-order valence-electron chi connectivity index (χ1n) is 7.61. The maximum Gasteiger partial charge on any atom is 0.123 e. The molecular weight excluding hydrogens is 237 g/mol. The summed E-state index contributed by atoms with van der Waals surface area (Å²) >= 11 is 0. The lowest BCUT2D eigenvalue weighted by molar-refractivity contribution is 0.420. The molecule has 0 spiro atoms. The van der Waals surface area contributed by atoms with Gasteiger partial charge in [0, 0.05) is 5.54 Å². The zero-order chi connectivity index (χ0) is 14.1.